The Kier molecular flexibility index (Phi) is 3.88. The lowest BCUT2D eigenvalue weighted by Gasteiger charge is -2.18. The fourth-order valence-electron chi connectivity index (χ4n) is 1.09. The third-order valence-corrected chi connectivity index (χ3v) is 1.82. The summed E-state index contributed by atoms with van der Waals surface area (Å²) < 4.78 is 1.94. The van der Waals surface area contributed by atoms with Crippen molar-refractivity contribution in [1.82, 2.24) is 15.3 Å². The normalized spacial score (nSPS) is 12.4. The zero-order valence-corrected chi connectivity index (χ0v) is 10.2. The quantitative estimate of drug-likeness (QED) is 0.777. The summed E-state index contributed by atoms with van der Waals surface area (Å²) in [5, 5.41) is 4.40. The van der Waals surface area contributed by atoms with E-state index < -0.39 is 0 Å². The highest BCUT2D eigenvalue weighted by atomic mass is 16.7. The van der Waals surface area contributed by atoms with E-state index in [9.17, 15) is 0 Å². The molecule has 4 heteroatoms. The number of hydrogen-bond donors (Lipinski definition) is 1. The Bertz CT molecular complexity index is 299. The van der Waals surface area contributed by atoms with Crippen molar-refractivity contribution in [2.75, 3.05) is 0 Å². The maximum Gasteiger partial charge on any atom is 0.0813 e. The fourth-order valence-corrected chi connectivity index (χ4v) is 1.09. The van der Waals surface area contributed by atoms with Gasteiger partial charge in [-0.1, -0.05) is 0 Å². The van der Waals surface area contributed by atoms with E-state index >= 15 is 0 Å². The molecule has 0 radical (unpaired) electrons. The molecule has 15 heavy (non-hydrogen) atoms. The Labute approximate surface area is 91.6 Å². The van der Waals surface area contributed by atoms with Crippen molar-refractivity contribution in [2.45, 2.75) is 52.8 Å². The van der Waals surface area contributed by atoms with E-state index in [2.05, 4.69) is 24.4 Å². The summed E-state index contributed by atoms with van der Waals surface area (Å²) in [7, 11) is 0. The van der Waals surface area contributed by atoms with Crippen LogP contribution in [0.2, 0.25) is 0 Å². The highest BCUT2D eigenvalue weighted by Gasteiger charge is 2.10. The Morgan fingerprint density at radius 3 is 2.60 bits per heavy atom. The first kappa shape index (κ1) is 12.2. The minimum atomic E-state index is -0.166. The minimum absolute atomic E-state index is 0.166. The number of aromatic nitrogens is 2. The Balaban J connectivity index is 2.38. The van der Waals surface area contributed by atoms with Gasteiger partial charge in [-0.25, -0.2) is 0 Å². The molecule has 0 atom stereocenters. The van der Waals surface area contributed by atoms with Gasteiger partial charge >= 0.3 is 0 Å². The molecule has 0 unspecified atom stereocenters. The van der Waals surface area contributed by atoms with Crippen LogP contribution in [0.3, 0.4) is 0 Å². The zero-order chi connectivity index (χ0) is 11.5. The topological polar surface area (TPSA) is 39.1 Å². The van der Waals surface area contributed by atoms with E-state index in [1.807, 2.05) is 37.7 Å². The first-order chi connectivity index (χ1) is 6.88. The highest BCUT2D eigenvalue weighted by molar-refractivity contribution is 4.98. The van der Waals surface area contributed by atoms with Crippen molar-refractivity contribution >= 4 is 0 Å². The average molecular weight is 211 g/mol. The van der Waals surface area contributed by atoms with Crippen molar-refractivity contribution in [3.05, 3.63) is 18.0 Å². The summed E-state index contributed by atoms with van der Waals surface area (Å²) in [6, 6.07) is 2.40. The molecule has 1 aromatic rings. The van der Waals surface area contributed by atoms with Crippen LogP contribution in [-0.4, -0.2) is 15.4 Å². The van der Waals surface area contributed by atoms with Gasteiger partial charge in [0.05, 0.1) is 17.8 Å². The van der Waals surface area contributed by atoms with E-state index in [0.717, 1.165) is 5.69 Å². The summed E-state index contributed by atoms with van der Waals surface area (Å²) in [5.74, 6) is 0. The fraction of sp³-hybridized carbons (Fsp3) is 0.727. The number of rotatable bonds is 4. The number of nitrogens with one attached hydrogen (secondary N) is 1. The lowest BCUT2D eigenvalue weighted by Crippen LogP contribution is -2.28. The molecule has 0 aromatic carbocycles. The molecule has 0 aliphatic rings. The first-order valence-corrected chi connectivity index (χ1v) is 5.33. The standard InChI is InChI=1S/C11H21N3O/c1-9(2)14-7-6-10(13-14)8-12-15-11(3,4)5/h6-7,9,12H,8H2,1-5H3. The summed E-state index contributed by atoms with van der Waals surface area (Å²) in [5.41, 5.74) is 3.75. The maximum absolute atomic E-state index is 5.40. The molecule has 1 N–H and O–H groups in total. The van der Waals surface area contributed by atoms with Gasteiger partial charge in [0, 0.05) is 12.2 Å². The molecule has 0 aliphatic heterocycles. The van der Waals surface area contributed by atoms with Gasteiger partial charge in [-0.15, -0.1) is 0 Å². The van der Waals surface area contributed by atoms with Crippen molar-refractivity contribution in [2.24, 2.45) is 0 Å². The van der Waals surface area contributed by atoms with Crippen LogP contribution in [0.5, 0.6) is 0 Å². The summed E-state index contributed by atoms with van der Waals surface area (Å²) in [6.07, 6.45) is 1.98. The molecule has 0 fully saturated rings. The number of nitrogens with zero attached hydrogens (tertiary/aromatic N) is 2. The molecule has 0 saturated heterocycles. The van der Waals surface area contributed by atoms with Gasteiger partial charge in [-0.2, -0.15) is 10.6 Å². The van der Waals surface area contributed by atoms with Gasteiger partial charge in [0.1, 0.15) is 0 Å². The predicted octanol–water partition coefficient (Wildman–Crippen LogP) is 2.28. The van der Waals surface area contributed by atoms with Crippen LogP contribution in [0.25, 0.3) is 0 Å². The van der Waals surface area contributed by atoms with E-state index in [0.29, 0.717) is 12.6 Å². The van der Waals surface area contributed by atoms with E-state index in [4.69, 9.17) is 4.84 Å². The van der Waals surface area contributed by atoms with Crippen LogP contribution in [0.15, 0.2) is 12.3 Å². The van der Waals surface area contributed by atoms with E-state index in [-0.39, 0.29) is 5.60 Å². The molecular weight excluding hydrogens is 190 g/mol. The lowest BCUT2D eigenvalue weighted by atomic mass is 10.2. The van der Waals surface area contributed by atoms with Gasteiger partial charge in [0.25, 0.3) is 0 Å². The third-order valence-electron chi connectivity index (χ3n) is 1.82. The smallest absolute Gasteiger partial charge is 0.0813 e. The molecule has 1 heterocycles. The Morgan fingerprint density at radius 2 is 2.13 bits per heavy atom. The van der Waals surface area contributed by atoms with Crippen molar-refractivity contribution in [3.63, 3.8) is 0 Å². The van der Waals surface area contributed by atoms with Crippen LogP contribution < -0.4 is 5.48 Å². The molecule has 0 bridgehead atoms. The zero-order valence-electron chi connectivity index (χ0n) is 10.2. The molecule has 0 amide bonds. The molecule has 0 aliphatic carbocycles. The van der Waals surface area contributed by atoms with Gasteiger partial charge in [0.2, 0.25) is 0 Å². The monoisotopic (exact) mass is 211 g/mol. The number of hydroxylamine groups is 1. The molecule has 1 rings (SSSR count). The predicted molar refractivity (Wildman–Crippen MR) is 60.3 cm³/mol. The molecular formula is C11H21N3O. The highest BCUT2D eigenvalue weighted by Crippen LogP contribution is 2.06. The van der Waals surface area contributed by atoms with Crippen LogP contribution in [-0.2, 0) is 11.4 Å². The average Bonchev–Trinajstić information content (AvgIpc) is 2.50. The third kappa shape index (κ3) is 4.44. The van der Waals surface area contributed by atoms with Crippen LogP contribution in [0.1, 0.15) is 46.4 Å². The first-order valence-electron chi connectivity index (χ1n) is 5.33. The van der Waals surface area contributed by atoms with Crippen molar-refractivity contribution < 1.29 is 4.84 Å². The van der Waals surface area contributed by atoms with Crippen molar-refractivity contribution in [1.29, 1.82) is 0 Å². The molecule has 86 valence electrons. The van der Waals surface area contributed by atoms with E-state index in [1.54, 1.807) is 0 Å². The van der Waals surface area contributed by atoms with Gasteiger partial charge in [-0.3, -0.25) is 9.52 Å². The maximum atomic E-state index is 5.40. The molecule has 0 spiro atoms. The Morgan fingerprint density at radius 1 is 1.47 bits per heavy atom. The SMILES string of the molecule is CC(C)n1ccc(CNOC(C)(C)C)n1. The van der Waals surface area contributed by atoms with Gasteiger partial charge in [0.15, 0.2) is 0 Å². The largest absolute Gasteiger partial charge is 0.296 e. The molecule has 0 saturated carbocycles. The second-order valence-corrected chi connectivity index (χ2v) is 4.92. The lowest BCUT2D eigenvalue weighted by molar-refractivity contribution is -0.0761. The van der Waals surface area contributed by atoms with Crippen molar-refractivity contribution in [3.8, 4) is 0 Å². The summed E-state index contributed by atoms with van der Waals surface area (Å²) >= 11 is 0. The van der Waals surface area contributed by atoms with Crippen LogP contribution >= 0.6 is 0 Å². The second kappa shape index (κ2) is 4.77. The van der Waals surface area contributed by atoms with E-state index in [1.165, 1.54) is 0 Å². The van der Waals surface area contributed by atoms with Crippen LogP contribution in [0, 0.1) is 0 Å². The molecule has 4 nitrogen and oxygen atoms in total. The van der Waals surface area contributed by atoms with Gasteiger partial charge < -0.3 is 0 Å². The summed E-state index contributed by atoms with van der Waals surface area (Å²) in [4.78, 5) is 5.40. The van der Waals surface area contributed by atoms with Gasteiger partial charge in [-0.05, 0) is 40.7 Å². The molecule has 1 aromatic heterocycles. The number of hydrogen-bond acceptors (Lipinski definition) is 3. The summed E-state index contributed by atoms with van der Waals surface area (Å²) in [6.45, 7) is 10.9. The second-order valence-electron chi connectivity index (χ2n) is 4.92. The van der Waals surface area contributed by atoms with Crippen LogP contribution in [0.4, 0.5) is 0 Å². The Hall–Kier alpha value is -0.870. The minimum Gasteiger partial charge on any atom is -0.296 e.